The molecule has 1 rings (SSSR count). The van der Waals surface area contributed by atoms with Gasteiger partial charge in [0.15, 0.2) is 0 Å². The van der Waals surface area contributed by atoms with Crippen LogP contribution in [0.2, 0.25) is 0 Å². The highest BCUT2D eigenvalue weighted by Gasteiger charge is 2.34. The number of hydrogen-bond donors (Lipinski definition) is 1. The van der Waals surface area contributed by atoms with E-state index in [0.29, 0.717) is 11.6 Å². The summed E-state index contributed by atoms with van der Waals surface area (Å²) in [7, 11) is 0. The Balaban J connectivity index is 2.54. The number of piperazine rings is 1. The lowest BCUT2D eigenvalue weighted by atomic mass is 9.92. The molecule has 2 nitrogen and oxygen atoms in total. The summed E-state index contributed by atoms with van der Waals surface area (Å²) in [6.07, 6.45) is 1.31. The number of nitrogens with one attached hydrogen (secondary N) is 1. The maximum absolute atomic E-state index is 3.68. The Morgan fingerprint density at radius 3 is 2.38 bits per heavy atom. The first kappa shape index (κ1) is 14.0. The largest absolute Gasteiger partial charge is 0.311 e. The molecule has 1 saturated heterocycles. The van der Waals surface area contributed by atoms with E-state index in [9.17, 15) is 0 Å². The van der Waals surface area contributed by atoms with Crippen molar-refractivity contribution in [1.29, 1.82) is 0 Å². The predicted octanol–water partition coefficient (Wildman–Crippen LogP) is 2.74. The van der Waals surface area contributed by atoms with E-state index in [-0.39, 0.29) is 0 Å². The molecule has 1 N–H and O–H groups in total. The van der Waals surface area contributed by atoms with Crippen molar-refractivity contribution >= 4 is 0 Å². The van der Waals surface area contributed by atoms with Gasteiger partial charge in [0.2, 0.25) is 0 Å². The Bertz CT molecular complexity index is 209. The smallest absolute Gasteiger partial charge is 0.0278 e. The third-order valence-corrected chi connectivity index (χ3v) is 3.85. The molecule has 0 saturated carbocycles. The predicted molar refractivity (Wildman–Crippen MR) is 71.7 cm³/mol. The highest BCUT2D eigenvalue weighted by Crippen LogP contribution is 2.22. The zero-order valence-corrected chi connectivity index (χ0v) is 12.0. The summed E-state index contributed by atoms with van der Waals surface area (Å²) in [6.45, 7) is 17.5. The molecular formula is C14H30N2. The van der Waals surface area contributed by atoms with Gasteiger partial charge in [0.25, 0.3) is 0 Å². The van der Waals surface area contributed by atoms with Crippen molar-refractivity contribution in [2.75, 3.05) is 19.6 Å². The first-order chi connectivity index (χ1) is 7.33. The first-order valence-corrected chi connectivity index (χ1v) is 6.81. The number of hydrogen-bond acceptors (Lipinski definition) is 2. The third kappa shape index (κ3) is 3.74. The van der Waals surface area contributed by atoms with Crippen molar-refractivity contribution in [3.63, 3.8) is 0 Å². The van der Waals surface area contributed by atoms with E-state index in [1.807, 2.05) is 0 Å². The number of nitrogens with zero attached hydrogens (tertiary/aromatic N) is 1. The molecule has 0 spiro atoms. The molecule has 0 aliphatic carbocycles. The van der Waals surface area contributed by atoms with Crippen LogP contribution in [0.25, 0.3) is 0 Å². The lowest BCUT2D eigenvalue weighted by molar-refractivity contribution is 0.0507. The molecule has 0 amide bonds. The SMILES string of the molecule is CC(C)CCN1CC(C(C)C)NCC1(C)C. The van der Waals surface area contributed by atoms with Crippen LogP contribution in [0.4, 0.5) is 0 Å². The lowest BCUT2D eigenvalue weighted by Gasteiger charge is -2.47. The first-order valence-electron chi connectivity index (χ1n) is 6.81. The van der Waals surface area contributed by atoms with E-state index >= 15 is 0 Å². The van der Waals surface area contributed by atoms with Crippen molar-refractivity contribution in [2.45, 2.75) is 59.5 Å². The summed E-state index contributed by atoms with van der Waals surface area (Å²) in [5.74, 6) is 1.54. The van der Waals surface area contributed by atoms with E-state index in [0.717, 1.165) is 18.4 Å². The van der Waals surface area contributed by atoms with Crippen LogP contribution in [-0.2, 0) is 0 Å². The zero-order chi connectivity index (χ0) is 12.3. The van der Waals surface area contributed by atoms with Crippen molar-refractivity contribution in [3.05, 3.63) is 0 Å². The molecule has 2 heteroatoms. The second-order valence-corrected chi connectivity index (χ2v) is 6.67. The average molecular weight is 226 g/mol. The molecular weight excluding hydrogens is 196 g/mol. The minimum Gasteiger partial charge on any atom is -0.311 e. The Hall–Kier alpha value is -0.0800. The van der Waals surface area contributed by atoms with Gasteiger partial charge in [0.05, 0.1) is 0 Å². The van der Waals surface area contributed by atoms with E-state index < -0.39 is 0 Å². The monoisotopic (exact) mass is 226 g/mol. The minimum atomic E-state index is 0.320. The third-order valence-electron chi connectivity index (χ3n) is 3.85. The van der Waals surface area contributed by atoms with Crippen LogP contribution in [-0.4, -0.2) is 36.1 Å². The Morgan fingerprint density at radius 2 is 1.88 bits per heavy atom. The molecule has 1 fully saturated rings. The van der Waals surface area contributed by atoms with Crippen molar-refractivity contribution in [3.8, 4) is 0 Å². The maximum Gasteiger partial charge on any atom is 0.0278 e. The molecule has 0 aromatic rings. The van der Waals surface area contributed by atoms with E-state index in [2.05, 4.69) is 51.8 Å². The van der Waals surface area contributed by atoms with Crippen LogP contribution in [0.1, 0.15) is 48.0 Å². The molecule has 0 aromatic heterocycles. The fraction of sp³-hybridized carbons (Fsp3) is 1.00. The molecule has 16 heavy (non-hydrogen) atoms. The maximum atomic E-state index is 3.68. The minimum absolute atomic E-state index is 0.320. The van der Waals surface area contributed by atoms with Crippen molar-refractivity contribution in [1.82, 2.24) is 10.2 Å². The van der Waals surface area contributed by atoms with Gasteiger partial charge in [-0.15, -0.1) is 0 Å². The van der Waals surface area contributed by atoms with E-state index in [4.69, 9.17) is 0 Å². The standard InChI is InChI=1S/C14H30N2/c1-11(2)7-8-16-9-13(12(3)4)15-10-14(16,5)6/h11-13,15H,7-10H2,1-6H3. The van der Waals surface area contributed by atoms with Crippen LogP contribution in [0.3, 0.4) is 0 Å². The van der Waals surface area contributed by atoms with Gasteiger partial charge >= 0.3 is 0 Å². The quantitative estimate of drug-likeness (QED) is 0.793. The van der Waals surface area contributed by atoms with Gasteiger partial charge in [-0.25, -0.2) is 0 Å². The van der Waals surface area contributed by atoms with Crippen LogP contribution in [0, 0.1) is 11.8 Å². The van der Waals surface area contributed by atoms with Crippen LogP contribution >= 0.6 is 0 Å². The Kier molecular flexibility index (Phi) is 4.81. The summed E-state index contributed by atoms with van der Waals surface area (Å²) in [5.41, 5.74) is 0.320. The van der Waals surface area contributed by atoms with E-state index in [1.165, 1.54) is 19.5 Å². The second kappa shape index (κ2) is 5.50. The van der Waals surface area contributed by atoms with Gasteiger partial charge in [-0.05, 0) is 38.6 Å². The van der Waals surface area contributed by atoms with Gasteiger partial charge in [-0.3, -0.25) is 4.90 Å². The summed E-state index contributed by atoms with van der Waals surface area (Å²) < 4.78 is 0. The van der Waals surface area contributed by atoms with Gasteiger partial charge in [0.1, 0.15) is 0 Å². The van der Waals surface area contributed by atoms with Crippen LogP contribution in [0.15, 0.2) is 0 Å². The van der Waals surface area contributed by atoms with Gasteiger partial charge in [0, 0.05) is 24.7 Å². The average Bonchev–Trinajstić information content (AvgIpc) is 2.14. The normalized spacial score (nSPS) is 26.6. The topological polar surface area (TPSA) is 15.3 Å². The molecule has 1 atom stereocenters. The Labute approximate surface area is 102 Å². The summed E-state index contributed by atoms with van der Waals surface area (Å²) in [4.78, 5) is 2.67. The summed E-state index contributed by atoms with van der Waals surface area (Å²) in [5, 5.41) is 3.68. The molecule has 1 heterocycles. The van der Waals surface area contributed by atoms with Crippen LogP contribution < -0.4 is 5.32 Å². The van der Waals surface area contributed by atoms with Gasteiger partial charge in [-0.2, -0.15) is 0 Å². The number of rotatable bonds is 4. The second-order valence-electron chi connectivity index (χ2n) is 6.67. The fourth-order valence-corrected chi connectivity index (χ4v) is 2.30. The summed E-state index contributed by atoms with van der Waals surface area (Å²) in [6, 6.07) is 0.667. The molecule has 0 radical (unpaired) electrons. The van der Waals surface area contributed by atoms with Crippen molar-refractivity contribution < 1.29 is 0 Å². The molecule has 96 valence electrons. The summed E-state index contributed by atoms with van der Waals surface area (Å²) >= 11 is 0. The van der Waals surface area contributed by atoms with Gasteiger partial charge < -0.3 is 5.32 Å². The highest BCUT2D eigenvalue weighted by molar-refractivity contribution is 4.93. The molecule has 0 aromatic carbocycles. The fourth-order valence-electron chi connectivity index (χ4n) is 2.30. The zero-order valence-electron chi connectivity index (χ0n) is 12.0. The van der Waals surface area contributed by atoms with Crippen LogP contribution in [0.5, 0.6) is 0 Å². The molecule has 0 bridgehead atoms. The molecule has 1 aliphatic rings. The highest BCUT2D eigenvalue weighted by atomic mass is 15.3. The Morgan fingerprint density at radius 1 is 1.25 bits per heavy atom. The lowest BCUT2D eigenvalue weighted by Crippen LogP contribution is -2.63. The molecule has 1 unspecified atom stereocenters. The van der Waals surface area contributed by atoms with Crippen molar-refractivity contribution in [2.24, 2.45) is 11.8 Å². The van der Waals surface area contributed by atoms with Gasteiger partial charge in [-0.1, -0.05) is 27.7 Å². The molecule has 1 aliphatic heterocycles. The van der Waals surface area contributed by atoms with E-state index in [1.54, 1.807) is 0 Å².